The molecule has 0 saturated carbocycles. The largest absolute Gasteiger partial charge is 0.478 e. The van der Waals surface area contributed by atoms with Crippen LogP contribution in [-0.4, -0.2) is 16.6 Å². The summed E-state index contributed by atoms with van der Waals surface area (Å²) in [5, 5.41) is 3.25. The first-order valence-corrected chi connectivity index (χ1v) is 7.44. The Hall–Kier alpha value is -2.04. The Morgan fingerprint density at radius 2 is 2.19 bits per heavy atom. The van der Waals surface area contributed by atoms with Crippen LogP contribution in [-0.2, 0) is 13.0 Å². The molecule has 114 valence electrons. The summed E-state index contributed by atoms with van der Waals surface area (Å²) in [5.41, 5.74) is 0. The fraction of sp³-hybridized carbons (Fsp3) is 0.500. The smallest absolute Gasteiger partial charge is 0.218 e. The van der Waals surface area contributed by atoms with Gasteiger partial charge in [-0.2, -0.15) is 4.98 Å². The number of hydrogen-bond acceptors (Lipinski definition) is 5. The predicted molar refractivity (Wildman–Crippen MR) is 82.4 cm³/mol. The molecule has 2 aromatic rings. The summed E-state index contributed by atoms with van der Waals surface area (Å²) >= 11 is 0. The highest BCUT2D eigenvalue weighted by molar-refractivity contribution is 5.38. The molecule has 0 radical (unpaired) electrons. The standard InChI is InChI=1S/C16H23N3O2/c1-4-7-21-16-10-14(17-11-13-6-5-8-20-13)18-15(19-16)9-12(2)3/h5-6,8,10,12H,4,7,9,11H2,1-3H3,(H,17,18,19). The zero-order chi connectivity index (χ0) is 15.1. The van der Waals surface area contributed by atoms with Crippen LogP contribution in [0.3, 0.4) is 0 Å². The van der Waals surface area contributed by atoms with E-state index in [0.29, 0.717) is 24.9 Å². The number of furan rings is 1. The molecule has 5 heteroatoms. The van der Waals surface area contributed by atoms with Crippen molar-refractivity contribution in [2.24, 2.45) is 5.92 Å². The summed E-state index contributed by atoms with van der Waals surface area (Å²) in [7, 11) is 0. The molecule has 2 aromatic heterocycles. The lowest BCUT2D eigenvalue weighted by molar-refractivity contribution is 0.303. The fourth-order valence-corrected chi connectivity index (χ4v) is 1.89. The minimum Gasteiger partial charge on any atom is -0.478 e. The van der Waals surface area contributed by atoms with Crippen LogP contribution >= 0.6 is 0 Å². The van der Waals surface area contributed by atoms with Gasteiger partial charge in [0.15, 0.2) is 0 Å². The van der Waals surface area contributed by atoms with Crippen molar-refractivity contribution < 1.29 is 9.15 Å². The van der Waals surface area contributed by atoms with Crippen LogP contribution in [0.15, 0.2) is 28.9 Å². The average molecular weight is 289 g/mol. The number of ether oxygens (including phenoxy) is 1. The topological polar surface area (TPSA) is 60.2 Å². The third-order valence-corrected chi connectivity index (χ3v) is 2.82. The molecule has 0 saturated heterocycles. The Bertz CT molecular complexity index is 538. The van der Waals surface area contributed by atoms with Gasteiger partial charge in [0.05, 0.1) is 19.4 Å². The SMILES string of the molecule is CCCOc1cc(NCc2ccco2)nc(CC(C)C)n1. The predicted octanol–water partition coefficient (Wildman–Crippen LogP) is 3.67. The van der Waals surface area contributed by atoms with Crippen LogP contribution in [0.4, 0.5) is 5.82 Å². The summed E-state index contributed by atoms with van der Waals surface area (Å²) in [6.45, 7) is 7.64. The van der Waals surface area contributed by atoms with Crippen LogP contribution in [0.5, 0.6) is 5.88 Å². The molecule has 0 unspecified atom stereocenters. The quantitative estimate of drug-likeness (QED) is 0.803. The van der Waals surface area contributed by atoms with Crippen molar-refractivity contribution in [1.29, 1.82) is 0 Å². The molecule has 2 heterocycles. The van der Waals surface area contributed by atoms with Crippen molar-refractivity contribution in [3.8, 4) is 5.88 Å². The number of hydrogen-bond donors (Lipinski definition) is 1. The van der Waals surface area contributed by atoms with Crippen LogP contribution < -0.4 is 10.1 Å². The minimum absolute atomic E-state index is 0.504. The van der Waals surface area contributed by atoms with E-state index in [0.717, 1.165) is 30.2 Å². The fourth-order valence-electron chi connectivity index (χ4n) is 1.89. The van der Waals surface area contributed by atoms with Crippen molar-refractivity contribution in [2.75, 3.05) is 11.9 Å². The molecule has 0 aliphatic rings. The maximum Gasteiger partial charge on any atom is 0.218 e. The van der Waals surface area contributed by atoms with Gasteiger partial charge in [-0.25, -0.2) is 4.98 Å². The van der Waals surface area contributed by atoms with E-state index in [9.17, 15) is 0 Å². The van der Waals surface area contributed by atoms with E-state index in [1.807, 2.05) is 18.2 Å². The molecule has 21 heavy (non-hydrogen) atoms. The molecule has 0 aliphatic carbocycles. The second kappa shape index (κ2) is 7.67. The molecule has 5 nitrogen and oxygen atoms in total. The van der Waals surface area contributed by atoms with Gasteiger partial charge in [0.25, 0.3) is 0 Å². The third-order valence-electron chi connectivity index (χ3n) is 2.82. The zero-order valence-corrected chi connectivity index (χ0v) is 12.9. The Morgan fingerprint density at radius 3 is 2.86 bits per heavy atom. The van der Waals surface area contributed by atoms with Gasteiger partial charge in [-0.3, -0.25) is 0 Å². The summed E-state index contributed by atoms with van der Waals surface area (Å²) in [4.78, 5) is 9.00. The maximum atomic E-state index is 5.64. The van der Waals surface area contributed by atoms with Crippen LogP contribution in [0.1, 0.15) is 38.8 Å². The highest BCUT2D eigenvalue weighted by Crippen LogP contribution is 2.17. The highest BCUT2D eigenvalue weighted by atomic mass is 16.5. The molecule has 0 fully saturated rings. The second-order valence-electron chi connectivity index (χ2n) is 5.39. The van der Waals surface area contributed by atoms with Crippen molar-refractivity contribution in [3.63, 3.8) is 0 Å². The average Bonchev–Trinajstić information content (AvgIpc) is 2.95. The van der Waals surface area contributed by atoms with Crippen LogP contribution in [0.2, 0.25) is 0 Å². The molecule has 0 atom stereocenters. The summed E-state index contributed by atoms with van der Waals surface area (Å²) in [5.74, 6) is 3.58. The highest BCUT2D eigenvalue weighted by Gasteiger charge is 2.08. The van der Waals surface area contributed by atoms with E-state index < -0.39 is 0 Å². The lowest BCUT2D eigenvalue weighted by atomic mass is 10.1. The second-order valence-corrected chi connectivity index (χ2v) is 5.39. The minimum atomic E-state index is 0.504. The van der Waals surface area contributed by atoms with E-state index >= 15 is 0 Å². The van der Waals surface area contributed by atoms with Gasteiger partial charge in [-0.1, -0.05) is 20.8 Å². The van der Waals surface area contributed by atoms with E-state index in [4.69, 9.17) is 9.15 Å². The number of nitrogens with one attached hydrogen (secondary N) is 1. The maximum absolute atomic E-state index is 5.64. The van der Waals surface area contributed by atoms with E-state index in [1.165, 1.54) is 0 Å². The zero-order valence-electron chi connectivity index (χ0n) is 12.9. The molecule has 0 aliphatic heterocycles. The molecule has 0 amide bonds. The van der Waals surface area contributed by atoms with Crippen LogP contribution in [0, 0.1) is 5.92 Å². The third kappa shape index (κ3) is 5.10. The van der Waals surface area contributed by atoms with Gasteiger partial charge >= 0.3 is 0 Å². The van der Waals surface area contributed by atoms with Crippen molar-refractivity contribution in [1.82, 2.24) is 9.97 Å². The Balaban J connectivity index is 2.09. The molecule has 0 spiro atoms. The molecule has 0 bridgehead atoms. The van der Waals surface area contributed by atoms with Gasteiger partial charge in [0.2, 0.25) is 5.88 Å². The lowest BCUT2D eigenvalue weighted by Gasteiger charge is -2.11. The Kier molecular flexibility index (Phi) is 5.60. The van der Waals surface area contributed by atoms with Gasteiger partial charge in [-0.15, -0.1) is 0 Å². The first kappa shape index (κ1) is 15.4. The molecule has 1 N–H and O–H groups in total. The Morgan fingerprint density at radius 1 is 1.33 bits per heavy atom. The first-order chi connectivity index (χ1) is 10.2. The summed E-state index contributed by atoms with van der Waals surface area (Å²) in [6, 6.07) is 5.64. The number of anilines is 1. The lowest BCUT2D eigenvalue weighted by Crippen LogP contribution is -2.08. The monoisotopic (exact) mass is 289 g/mol. The number of aromatic nitrogens is 2. The summed E-state index contributed by atoms with van der Waals surface area (Å²) in [6.07, 6.45) is 3.45. The molecular formula is C16H23N3O2. The van der Waals surface area contributed by atoms with Gasteiger partial charge in [0, 0.05) is 12.5 Å². The normalized spacial score (nSPS) is 10.9. The molecular weight excluding hydrogens is 266 g/mol. The van der Waals surface area contributed by atoms with Gasteiger partial charge in [0.1, 0.15) is 17.4 Å². The van der Waals surface area contributed by atoms with E-state index in [-0.39, 0.29) is 0 Å². The molecule has 2 rings (SSSR count). The number of nitrogens with zero attached hydrogens (tertiary/aromatic N) is 2. The van der Waals surface area contributed by atoms with Crippen molar-refractivity contribution >= 4 is 5.82 Å². The van der Waals surface area contributed by atoms with Crippen molar-refractivity contribution in [2.45, 2.75) is 40.2 Å². The Labute approximate surface area is 125 Å². The van der Waals surface area contributed by atoms with Gasteiger partial charge < -0.3 is 14.5 Å². The van der Waals surface area contributed by atoms with Gasteiger partial charge in [-0.05, 0) is 24.5 Å². The van der Waals surface area contributed by atoms with Crippen molar-refractivity contribution in [3.05, 3.63) is 36.0 Å². The first-order valence-electron chi connectivity index (χ1n) is 7.44. The molecule has 0 aromatic carbocycles. The van der Waals surface area contributed by atoms with E-state index in [2.05, 4.69) is 36.1 Å². The summed E-state index contributed by atoms with van der Waals surface area (Å²) < 4.78 is 10.9. The van der Waals surface area contributed by atoms with Crippen LogP contribution in [0.25, 0.3) is 0 Å². The van der Waals surface area contributed by atoms with E-state index in [1.54, 1.807) is 6.26 Å². The number of rotatable bonds is 8.